The van der Waals surface area contributed by atoms with Gasteiger partial charge in [0.15, 0.2) is 0 Å². The van der Waals surface area contributed by atoms with Crippen molar-refractivity contribution in [3.8, 4) is 0 Å². The first-order chi connectivity index (χ1) is 8.74. The summed E-state index contributed by atoms with van der Waals surface area (Å²) in [5, 5.41) is 0. The highest BCUT2D eigenvalue weighted by atomic mass is 32.2. The summed E-state index contributed by atoms with van der Waals surface area (Å²) in [7, 11) is 0.165. The lowest BCUT2D eigenvalue weighted by atomic mass is 10.1. The van der Waals surface area contributed by atoms with Gasteiger partial charge in [-0.2, -0.15) is 0 Å². The highest BCUT2D eigenvalue weighted by Crippen LogP contribution is 2.17. The number of nitrogens with two attached hydrogens (primary N) is 1. The summed E-state index contributed by atoms with van der Waals surface area (Å²) in [6, 6.07) is 1.30. The summed E-state index contributed by atoms with van der Waals surface area (Å²) in [6.45, 7) is 4.57. The number of hydrogen-bond acceptors (Lipinski definition) is 5. The highest BCUT2D eigenvalue weighted by Gasteiger charge is 2.24. The maximum absolute atomic E-state index is 12.3. The number of likely N-dealkylation sites (N-methyl/N-ethyl adjacent to an activating group) is 1. The van der Waals surface area contributed by atoms with Crippen LogP contribution >= 0.6 is 0 Å². The molecule has 0 radical (unpaired) electrons. The molecule has 0 aliphatic rings. The Hall–Kier alpha value is -1.18. The third-order valence-electron chi connectivity index (χ3n) is 2.78. The van der Waals surface area contributed by atoms with Gasteiger partial charge in [-0.3, -0.25) is 4.98 Å². The fourth-order valence-electron chi connectivity index (χ4n) is 1.66. The number of nitrogens with zero attached hydrogens (tertiary/aromatic N) is 2. The molecule has 7 heteroatoms. The van der Waals surface area contributed by atoms with Crippen molar-refractivity contribution in [3.05, 3.63) is 18.5 Å². The molecule has 3 N–H and O–H groups in total. The molecule has 0 bridgehead atoms. The zero-order chi connectivity index (χ0) is 14.6. The van der Waals surface area contributed by atoms with Gasteiger partial charge in [0, 0.05) is 25.0 Å². The zero-order valence-corrected chi connectivity index (χ0v) is 12.6. The molecule has 6 nitrogen and oxygen atoms in total. The van der Waals surface area contributed by atoms with Crippen LogP contribution in [0, 0.1) is 5.92 Å². The van der Waals surface area contributed by atoms with Crippen molar-refractivity contribution in [3.63, 3.8) is 0 Å². The van der Waals surface area contributed by atoms with Crippen LogP contribution < -0.4 is 10.5 Å². The first-order valence-corrected chi connectivity index (χ1v) is 7.59. The Labute approximate surface area is 115 Å². The molecular weight excluding hydrogens is 264 g/mol. The van der Waals surface area contributed by atoms with Gasteiger partial charge in [0.05, 0.1) is 5.69 Å². The predicted molar refractivity (Wildman–Crippen MR) is 76.2 cm³/mol. The monoisotopic (exact) mass is 286 g/mol. The van der Waals surface area contributed by atoms with Crippen molar-refractivity contribution in [2.75, 3.05) is 26.4 Å². The topological polar surface area (TPSA) is 88.3 Å². The SMILES string of the molecule is CC(C)C(CN(C)C)NS(=O)(=O)c1cnccc1N. The zero-order valence-electron chi connectivity index (χ0n) is 11.8. The molecule has 1 aromatic heterocycles. The molecular formula is C12H22N4O2S. The van der Waals surface area contributed by atoms with Crippen LogP contribution in [0.4, 0.5) is 5.69 Å². The second-order valence-electron chi connectivity index (χ2n) is 5.15. The molecule has 0 amide bonds. The Bertz CT molecular complexity index is 514. The first-order valence-electron chi connectivity index (χ1n) is 6.10. The molecule has 108 valence electrons. The molecule has 0 fully saturated rings. The van der Waals surface area contributed by atoms with E-state index < -0.39 is 10.0 Å². The molecule has 19 heavy (non-hydrogen) atoms. The number of pyridine rings is 1. The van der Waals surface area contributed by atoms with Crippen LogP contribution in [-0.2, 0) is 10.0 Å². The van der Waals surface area contributed by atoms with E-state index in [4.69, 9.17) is 5.73 Å². The lowest BCUT2D eigenvalue weighted by molar-refractivity contribution is 0.314. The Morgan fingerprint density at radius 3 is 2.53 bits per heavy atom. The summed E-state index contributed by atoms with van der Waals surface area (Å²) in [4.78, 5) is 5.79. The van der Waals surface area contributed by atoms with Gasteiger partial charge in [-0.15, -0.1) is 0 Å². The van der Waals surface area contributed by atoms with Gasteiger partial charge in [-0.1, -0.05) is 13.8 Å². The van der Waals surface area contributed by atoms with E-state index in [2.05, 4.69) is 9.71 Å². The molecule has 0 aliphatic carbocycles. The molecule has 1 unspecified atom stereocenters. The van der Waals surface area contributed by atoms with Crippen LogP contribution in [0.3, 0.4) is 0 Å². The fraction of sp³-hybridized carbons (Fsp3) is 0.583. The van der Waals surface area contributed by atoms with Crippen molar-refractivity contribution in [1.82, 2.24) is 14.6 Å². The molecule has 1 rings (SSSR count). The van der Waals surface area contributed by atoms with Crippen LogP contribution in [-0.4, -0.2) is 45.0 Å². The molecule has 1 heterocycles. The van der Waals surface area contributed by atoms with E-state index in [9.17, 15) is 8.42 Å². The first kappa shape index (κ1) is 15.9. The van der Waals surface area contributed by atoms with E-state index in [0.717, 1.165) is 0 Å². The van der Waals surface area contributed by atoms with E-state index in [1.54, 1.807) is 0 Å². The maximum atomic E-state index is 12.3. The van der Waals surface area contributed by atoms with Gasteiger partial charge in [0.2, 0.25) is 10.0 Å². The van der Waals surface area contributed by atoms with Crippen molar-refractivity contribution in [2.24, 2.45) is 5.92 Å². The lowest BCUT2D eigenvalue weighted by Crippen LogP contribution is -2.45. The van der Waals surface area contributed by atoms with Gasteiger partial charge in [-0.25, -0.2) is 13.1 Å². The lowest BCUT2D eigenvalue weighted by Gasteiger charge is -2.25. The maximum Gasteiger partial charge on any atom is 0.244 e. The quantitative estimate of drug-likeness (QED) is 0.796. The minimum atomic E-state index is -3.64. The number of rotatable bonds is 6. The van der Waals surface area contributed by atoms with E-state index in [1.165, 1.54) is 18.5 Å². The molecule has 0 spiro atoms. The highest BCUT2D eigenvalue weighted by molar-refractivity contribution is 7.89. The summed E-state index contributed by atoms with van der Waals surface area (Å²) in [6.07, 6.45) is 2.73. The normalized spacial score (nSPS) is 14.0. The second-order valence-corrected chi connectivity index (χ2v) is 6.83. The molecule has 1 aromatic rings. The van der Waals surface area contributed by atoms with Crippen LogP contribution in [0.5, 0.6) is 0 Å². The molecule has 1 atom stereocenters. The van der Waals surface area contributed by atoms with Crippen LogP contribution in [0.2, 0.25) is 0 Å². The Morgan fingerprint density at radius 1 is 1.42 bits per heavy atom. The van der Waals surface area contributed by atoms with Crippen molar-refractivity contribution in [2.45, 2.75) is 24.8 Å². The molecule has 0 saturated heterocycles. The third kappa shape index (κ3) is 4.45. The van der Waals surface area contributed by atoms with Gasteiger partial charge < -0.3 is 10.6 Å². The second kappa shape index (κ2) is 6.31. The van der Waals surface area contributed by atoms with Crippen LogP contribution in [0.25, 0.3) is 0 Å². The number of hydrogen-bond donors (Lipinski definition) is 2. The number of nitrogen functional groups attached to an aromatic ring is 1. The minimum Gasteiger partial charge on any atom is -0.398 e. The minimum absolute atomic E-state index is 0.0272. The average molecular weight is 286 g/mol. The molecule has 0 aromatic carbocycles. The van der Waals surface area contributed by atoms with E-state index in [0.29, 0.717) is 6.54 Å². The number of aromatic nitrogens is 1. The smallest absolute Gasteiger partial charge is 0.244 e. The van der Waals surface area contributed by atoms with Crippen molar-refractivity contribution >= 4 is 15.7 Å². The summed E-state index contributed by atoms with van der Waals surface area (Å²) in [5.74, 6) is 0.176. The van der Waals surface area contributed by atoms with Gasteiger partial charge in [-0.05, 0) is 26.1 Å². The largest absolute Gasteiger partial charge is 0.398 e. The van der Waals surface area contributed by atoms with Crippen molar-refractivity contribution < 1.29 is 8.42 Å². The van der Waals surface area contributed by atoms with Gasteiger partial charge in [0.1, 0.15) is 4.90 Å². The number of anilines is 1. The Balaban J connectivity index is 2.98. The average Bonchev–Trinajstić information content (AvgIpc) is 2.27. The Morgan fingerprint density at radius 2 is 2.05 bits per heavy atom. The summed E-state index contributed by atoms with van der Waals surface area (Å²) >= 11 is 0. The number of nitrogens with one attached hydrogen (secondary N) is 1. The summed E-state index contributed by atoms with van der Waals surface area (Å²) in [5.41, 5.74) is 5.89. The molecule has 0 saturated carbocycles. The van der Waals surface area contributed by atoms with E-state index >= 15 is 0 Å². The standard InChI is InChI=1S/C12H22N4O2S/c1-9(2)11(8-16(3)4)15-19(17,18)12-7-14-6-5-10(12)13/h5-7,9,11,15H,8H2,1-4H3,(H2,13,14). The van der Waals surface area contributed by atoms with Crippen LogP contribution in [0.1, 0.15) is 13.8 Å². The third-order valence-corrected chi connectivity index (χ3v) is 4.31. The Kier molecular flexibility index (Phi) is 5.28. The molecule has 0 aliphatic heterocycles. The van der Waals surface area contributed by atoms with E-state index in [-0.39, 0.29) is 22.5 Å². The summed E-state index contributed by atoms with van der Waals surface area (Å²) < 4.78 is 27.3. The fourth-order valence-corrected chi connectivity index (χ4v) is 3.11. The van der Waals surface area contributed by atoms with Crippen molar-refractivity contribution in [1.29, 1.82) is 0 Å². The van der Waals surface area contributed by atoms with E-state index in [1.807, 2.05) is 32.8 Å². The van der Waals surface area contributed by atoms with Crippen LogP contribution in [0.15, 0.2) is 23.4 Å². The predicted octanol–water partition coefficient (Wildman–Crippen LogP) is 0.528. The van der Waals surface area contributed by atoms with Gasteiger partial charge >= 0.3 is 0 Å². The van der Waals surface area contributed by atoms with Gasteiger partial charge in [0.25, 0.3) is 0 Å². The number of sulfonamides is 1.